The van der Waals surface area contributed by atoms with E-state index in [1.165, 1.54) is 30.2 Å². The molecule has 26 heavy (non-hydrogen) atoms. The van der Waals surface area contributed by atoms with Gasteiger partial charge >= 0.3 is 5.97 Å². The molecule has 1 atom stereocenters. The van der Waals surface area contributed by atoms with Crippen molar-refractivity contribution < 1.29 is 14.3 Å². The van der Waals surface area contributed by atoms with Crippen LogP contribution in [-0.4, -0.2) is 34.5 Å². The van der Waals surface area contributed by atoms with Crippen LogP contribution in [0.15, 0.2) is 22.6 Å². The van der Waals surface area contributed by atoms with Crippen LogP contribution in [0, 0.1) is 5.92 Å². The van der Waals surface area contributed by atoms with Gasteiger partial charge in [0.2, 0.25) is 0 Å². The van der Waals surface area contributed by atoms with Crippen molar-refractivity contribution in [3.8, 4) is 0 Å². The minimum Gasteiger partial charge on any atom is -0.468 e. The number of allylic oxidation sites excluding steroid dienone is 1. The molecule has 0 radical (unpaired) electrons. The van der Waals surface area contributed by atoms with Crippen LogP contribution in [0.25, 0.3) is 10.2 Å². The smallest absolute Gasteiger partial charge is 0.316 e. The fourth-order valence-electron chi connectivity index (χ4n) is 2.95. The van der Waals surface area contributed by atoms with Crippen molar-refractivity contribution in [2.24, 2.45) is 5.92 Å². The number of carbonyl (C=O) groups excluding carboxylic acids is 1. The Morgan fingerprint density at radius 2 is 2.35 bits per heavy atom. The highest BCUT2D eigenvalue weighted by Gasteiger charge is 2.28. The molecule has 0 fully saturated rings. The lowest BCUT2D eigenvalue weighted by Gasteiger charge is -2.26. The third kappa shape index (κ3) is 3.58. The number of fused-ring (bicyclic) bond motifs is 3. The van der Waals surface area contributed by atoms with Crippen LogP contribution in [0.2, 0.25) is 0 Å². The van der Waals surface area contributed by atoms with Gasteiger partial charge in [-0.15, -0.1) is 17.9 Å². The summed E-state index contributed by atoms with van der Waals surface area (Å²) < 4.78 is 12.2. The van der Waals surface area contributed by atoms with E-state index in [0.29, 0.717) is 34.4 Å². The Kier molecular flexibility index (Phi) is 5.84. The summed E-state index contributed by atoms with van der Waals surface area (Å²) >= 11 is 2.71. The molecule has 1 aliphatic heterocycles. The summed E-state index contributed by atoms with van der Waals surface area (Å²) in [7, 11) is 1.34. The Bertz CT molecular complexity index is 901. The Morgan fingerprint density at radius 3 is 3.00 bits per heavy atom. The van der Waals surface area contributed by atoms with E-state index in [1.54, 1.807) is 10.6 Å². The number of nitrogens with zero attached hydrogens (tertiary/aromatic N) is 2. The van der Waals surface area contributed by atoms with Gasteiger partial charge in [-0.3, -0.25) is 14.2 Å². The lowest BCUT2D eigenvalue weighted by atomic mass is 9.96. The van der Waals surface area contributed by atoms with E-state index in [-0.39, 0.29) is 23.4 Å². The molecule has 1 unspecified atom stereocenters. The molecular weight excluding hydrogens is 372 g/mol. The third-order valence-corrected chi connectivity index (χ3v) is 6.44. The number of methoxy groups -OCH3 is 1. The van der Waals surface area contributed by atoms with E-state index >= 15 is 0 Å². The molecule has 6 nitrogen and oxygen atoms in total. The second-order valence-corrected chi connectivity index (χ2v) is 8.47. The molecule has 0 aliphatic carbocycles. The highest BCUT2D eigenvalue weighted by Crippen LogP contribution is 2.35. The molecule has 0 bridgehead atoms. The van der Waals surface area contributed by atoms with E-state index in [0.717, 1.165) is 16.9 Å². The van der Waals surface area contributed by atoms with Gasteiger partial charge in [0, 0.05) is 17.8 Å². The molecule has 0 saturated heterocycles. The predicted molar refractivity (Wildman–Crippen MR) is 104 cm³/mol. The number of hydrogen-bond acceptors (Lipinski definition) is 7. The molecule has 0 saturated carbocycles. The van der Waals surface area contributed by atoms with Gasteiger partial charge in [-0.1, -0.05) is 31.7 Å². The Balaban J connectivity index is 2.09. The van der Waals surface area contributed by atoms with Crippen molar-refractivity contribution in [1.82, 2.24) is 9.55 Å². The zero-order chi connectivity index (χ0) is 18.8. The Hall–Kier alpha value is -1.64. The fourth-order valence-corrected chi connectivity index (χ4v) is 4.96. The molecule has 140 valence electrons. The van der Waals surface area contributed by atoms with Crippen LogP contribution in [0.1, 0.15) is 24.3 Å². The van der Waals surface area contributed by atoms with Gasteiger partial charge in [-0.2, -0.15) is 0 Å². The van der Waals surface area contributed by atoms with Crippen LogP contribution in [0.4, 0.5) is 0 Å². The summed E-state index contributed by atoms with van der Waals surface area (Å²) in [4.78, 5) is 31.1. The van der Waals surface area contributed by atoms with Crippen LogP contribution in [0.5, 0.6) is 0 Å². The maximum Gasteiger partial charge on any atom is 0.316 e. The first-order valence-electron chi connectivity index (χ1n) is 8.43. The van der Waals surface area contributed by atoms with Gasteiger partial charge in [0.05, 0.1) is 31.0 Å². The van der Waals surface area contributed by atoms with E-state index < -0.39 is 0 Å². The zero-order valence-electron chi connectivity index (χ0n) is 15.1. The number of aromatic nitrogens is 2. The minimum atomic E-state index is -0.354. The second kappa shape index (κ2) is 7.94. The molecule has 1 aliphatic rings. The first-order valence-corrected chi connectivity index (χ1v) is 10.2. The molecule has 2 aromatic heterocycles. The van der Waals surface area contributed by atoms with Crippen molar-refractivity contribution in [3.63, 3.8) is 0 Å². The minimum absolute atomic E-state index is 0.0795. The number of rotatable bonds is 6. The largest absolute Gasteiger partial charge is 0.468 e. The topological polar surface area (TPSA) is 70.4 Å². The normalized spacial score (nSPS) is 16.7. The van der Waals surface area contributed by atoms with Crippen molar-refractivity contribution in [2.75, 3.05) is 12.9 Å². The van der Waals surface area contributed by atoms with Crippen molar-refractivity contribution >= 4 is 39.3 Å². The standard InChI is InChI=1S/C18H22N2O4S2/c1-5-6-20-17(22)15-11-7-12(10(2)3)24-8-13(11)26-16(15)19-18(20)25-9-14(21)23-4/h5,10,12H,1,6-9H2,2-4H3. The number of carbonyl (C=O) groups is 1. The highest BCUT2D eigenvalue weighted by atomic mass is 32.2. The lowest BCUT2D eigenvalue weighted by Crippen LogP contribution is -2.28. The van der Waals surface area contributed by atoms with Crippen LogP contribution < -0.4 is 5.56 Å². The van der Waals surface area contributed by atoms with Gasteiger partial charge in [0.1, 0.15) is 4.83 Å². The summed E-state index contributed by atoms with van der Waals surface area (Å²) in [6.45, 7) is 8.85. The molecule has 0 N–H and O–H groups in total. The first-order chi connectivity index (χ1) is 12.5. The van der Waals surface area contributed by atoms with Crippen molar-refractivity contribution in [3.05, 3.63) is 33.4 Å². The van der Waals surface area contributed by atoms with E-state index in [9.17, 15) is 9.59 Å². The number of esters is 1. The SMILES string of the molecule is C=CCn1c(SCC(=O)OC)nc2sc3c(c2c1=O)CC(C(C)C)OC3. The van der Waals surface area contributed by atoms with E-state index in [4.69, 9.17) is 4.74 Å². The van der Waals surface area contributed by atoms with Crippen molar-refractivity contribution in [1.29, 1.82) is 0 Å². The predicted octanol–water partition coefficient (Wildman–Crippen LogP) is 3.01. The van der Waals surface area contributed by atoms with E-state index in [2.05, 4.69) is 30.1 Å². The second-order valence-electron chi connectivity index (χ2n) is 6.45. The Morgan fingerprint density at radius 1 is 1.58 bits per heavy atom. The molecule has 3 rings (SSSR count). The number of hydrogen-bond donors (Lipinski definition) is 0. The molecule has 2 aromatic rings. The monoisotopic (exact) mass is 394 g/mol. The highest BCUT2D eigenvalue weighted by molar-refractivity contribution is 7.99. The summed E-state index contributed by atoms with van der Waals surface area (Å²) in [6, 6.07) is 0. The molecule has 0 amide bonds. The third-order valence-electron chi connectivity index (χ3n) is 4.40. The van der Waals surface area contributed by atoms with Gasteiger partial charge in [-0.25, -0.2) is 4.98 Å². The van der Waals surface area contributed by atoms with Gasteiger partial charge < -0.3 is 9.47 Å². The van der Waals surface area contributed by atoms with Gasteiger partial charge in [-0.05, 0) is 11.5 Å². The lowest BCUT2D eigenvalue weighted by molar-refractivity contribution is -0.137. The van der Waals surface area contributed by atoms with Crippen molar-refractivity contribution in [2.45, 2.75) is 44.7 Å². The average Bonchev–Trinajstić information content (AvgIpc) is 2.99. The summed E-state index contributed by atoms with van der Waals surface area (Å²) in [6.07, 6.45) is 2.50. The zero-order valence-corrected chi connectivity index (χ0v) is 16.7. The number of ether oxygens (including phenoxy) is 2. The summed E-state index contributed by atoms with van der Waals surface area (Å²) in [5.74, 6) is 0.138. The Labute approximate surface area is 160 Å². The van der Waals surface area contributed by atoms with Crippen LogP contribution in [-0.2, 0) is 33.8 Å². The first kappa shape index (κ1) is 19.1. The fraction of sp³-hybridized carbons (Fsp3) is 0.500. The number of thiophene rings is 1. The quantitative estimate of drug-likeness (QED) is 0.325. The summed E-state index contributed by atoms with van der Waals surface area (Å²) in [5.41, 5.74) is 0.985. The van der Waals surface area contributed by atoms with E-state index in [1.807, 2.05) is 0 Å². The molecular formula is C18H22N2O4S2. The maximum absolute atomic E-state index is 13.2. The molecule has 0 spiro atoms. The molecule has 3 heterocycles. The maximum atomic E-state index is 13.2. The summed E-state index contributed by atoms with van der Waals surface area (Å²) in [5, 5.41) is 1.19. The van der Waals surface area contributed by atoms with Crippen LogP contribution >= 0.6 is 23.1 Å². The molecule has 8 heteroatoms. The average molecular weight is 395 g/mol. The van der Waals surface area contributed by atoms with Gasteiger partial charge in [0.15, 0.2) is 5.16 Å². The molecule has 0 aromatic carbocycles. The number of thioether (sulfide) groups is 1. The van der Waals surface area contributed by atoms with Gasteiger partial charge in [0.25, 0.3) is 5.56 Å². The van der Waals surface area contributed by atoms with Crippen LogP contribution in [0.3, 0.4) is 0 Å².